The maximum absolute atomic E-state index is 13.7. The van der Waals surface area contributed by atoms with Crippen LogP contribution >= 0.6 is 11.3 Å². The molecular weight excluding hydrogens is 481 g/mol. The fourth-order valence-corrected chi connectivity index (χ4v) is 5.86. The summed E-state index contributed by atoms with van der Waals surface area (Å²) >= 11 is 1.52. The molecule has 2 amide bonds. The zero-order chi connectivity index (χ0) is 24.6. The van der Waals surface area contributed by atoms with E-state index < -0.39 is 6.09 Å². The van der Waals surface area contributed by atoms with E-state index in [1.165, 1.54) is 23.5 Å². The number of aromatic nitrogens is 1. The number of nitrogens with one attached hydrogen (secondary N) is 1. The van der Waals surface area contributed by atoms with Gasteiger partial charge in [-0.25, -0.2) is 14.2 Å². The van der Waals surface area contributed by atoms with Crippen molar-refractivity contribution in [2.75, 3.05) is 13.1 Å². The smallest absolute Gasteiger partial charge is 0.412 e. The van der Waals surface area contributed by atoms with Gasteiger partial charge in [-0.1, -0.05) is 18.2 Å². The average molecular weight is 506 g/mol. The summed E-state index contributed by atoms with van der Waals surface area (Å²) in [6, 6.07) is 13.0. The van der Waals surface area contributed by atoms with E-state index in [2.05, 4.69) is 5.32 Å². The van der Waals surface area contributed by atoms with Crippen molar-refractivity contribution in [2.45, 2.75) is 37.6 Å². The van der Waals surface area contributed by atoms with Crippen molar-refractivity contribution < 1.29 is 23.1 Å². The summed E-state index contributed by atoms with van der Waals surface area (Å²) in [7, 11) is 0. The number of nitrogens with zero attached hydrogens (tertiary/aromatic N) is 2. The Morgan fingerprint density at radius 3 is 2.78 bits per heavy atom. The van der Waals surface area contributed by atoms with Crippen molar-refractivity contribution in [1.82, 2.24) is 15.2 Å². The van der Waals surface area contributed by atoms with Gasteiger partial charge >= 0.3 is 6.09 Å². The van der Waals surface area contributed by atoms with Gasteiger partial charge in [0.1, 0.15) is 22.8 Å². The average Bonchev–Trinajstić information content (AvgIpc) is 3.26. The number of halogens is 1. The Kier molecular flexibility index (Phi) is 5.92. The third kappa shape index (κ3) is 4.46. The lowest BCUT2D eigenvalue weighted by molar-refractivity contribution is 0.0730. The van der Waals surface area contributed by atoms with Crippen LogP contribution in [0.2, 0.25) is 0 Å². The van der Waals surface area contributed by atoms with Crippen molar-refractivity contribution in [3.05, 3.63) is 71.3 Å². The number of benzene rings is 2. The SMILES string of the molecule is O=C(NC[C@@H]1CCCN1C(=O)c1nc(C2CC2)sc1-c1ccc(F)cc1)Oc1cccc2occc12. The molecule has 4 aromatic rings. The Morgan fingerprint density at radius 2 is 1.97 bits per heavy atom. The van der Waals surface area contributed by atoms with Crippen molar-refractivity contribution in [3.8, 4) is 16.2 Å². The highest BCUT2D eigenvalue weighted by Crippen LogP contribution is 2.45. The van der Waals surface area contributed by atoms with Gasteiger partial charge in [-0.15, -0.1) is 11.3 Å². The second kappa shape index (κ2) is 9.39. The zero-order valence-corrected chi connectivity index (χ0v) is 20.2. The van der Waals surface area contributed by atoms with Crippen molar-refractivity contribution in [2.24, 2.45) is 0 Å². The molecule has 9 heteroatoms. The first kappa shape index (κ1) is 22.7. The lowest BCUT2D eigenvalue weighted by Gasteiger charge is -2.24. The van der Waals surface area contributed by atoms with Gasteiger partial charge in [0.2, 0.25) is 0 Å². The minimum absolute atomic E-state index is 0.154. The highest BCUT2D eigenvalue weighted by atomic mass is 32.1. The number of furan rings is 1. The summed E-state index contributed by atoms with van der Waals surface area (Å²) in [5.41, 5.74) is 1.84. The lowest BCUT2D eigenvalue weighted by Crippen LogP contribution is -2.44. The summed E-state index contributed by atoms with van der Waals surface area (Å²) in [6.45, 7) is 0.866. The quantitative estimate of drug-likeness (QED) is 0.349. The van der Waals surface area contributed by atoms with Gasteiger partial charge in [-0.2, -0.15) is 0 Å². The third-order valence-electron chi connectivity index (χ3n) is 6.66. The number of fused-ring (bicyclic) bond motifs is 1. The van der Waals surface area contributed by atoms with Crippen LogP contribution in [0.15, 0.2) is 59.2 Å². The standard InChI is InChI=1S/C27H24FN3O4S/c28-18-10-8-16(9-11-18)24-23(30-25(36-24)17-6-7-17)26(32)31-13-2-3-19(31)15-29-27(33)35-22-5-1-4-21-20(22)12-14-34-21/h1,4-5,8-12,14,17,19H,2-3,6-7,13,15H2,(H,29,33)/t19-/m0/s1. The van der Waals surface area contributed by atoms with E-state index in [1.807, 2.05) is 0 Å². The highest BCUT2D eigenvalue weighted by Gasteiger charge is 2.35. The second-order valence-electron chi connectivity index (χ2n) is 9.16. The number of thiazole rings is 1. The Morgan fingerprint density at radius 1 is 1.14 bits per heavy atom. The maximum Gasteiger partial charge on any atom is 0.412 e. The van der Waals surface area contributed by atoms with Gasteiger partial charge in [0, 0.05) is 25.0 Å². The molecular formula is C27H24FN3O4S. The number of likely N-dealkylation sites (tertiary alicyclic amines) is 1. The van der Waals surface area contributed by atoms with Crippen molar-refractivity contribution in [3.63, 3.8) is 0 Å². The zero-order valence-electron chi connectivity index (χ0n) is 19.4. The summed E-state index contributed by atoms with van der Waals surface area (Å²) in [4.78, 5) is 33.5. The molecule has 1 saturated heterocycles. The Hall–Kier alpha value is -3.72. The fourth-order valence-electron chi connectivity index (χ4n) is 4.63. The molecule has 184 valence electrons. The molecule has 1 N–H and O–H groups in total. The Bertz CT molecular complexity index is 1430. The molecule has 2 aliphatic rings. The fraction of sp³-hybridized carbons (Fsp3) is 0.296. The van der Waals surface area contributed by atoms with E-state index in [0.29, 0.717) is 34.9 Å². The molecule has 0 unspecified atom stereocenters. The van der Waals surface area contributed by atoms with Gasteiger partial charge in [0.15, 0.2) is 0 Å². The molecule has 2 aromatic heterocycles. The monoisotopic (exact) mass is 505 g/mol. The molecule has 0 spiro atoms. The predicted octanol–water partition coefficient (Wildman–Crippen LogP) is 5.97. The number of hydrogen-bond acceptors (Lipinski definition) is 6. The van der Waals surface area contributed by atoms with E-state index in [0.717, 1.165) is 41.1 Å². The molecule has 2 fully saturated rings. The molecule has 3 heterocycles. The molecule has 0 radical (unpaired) electrons. The van der Waals surface area contributed by atoms with E-state index >= 15 is 0 Å². The molecule has 1 aliphatic heterocycles. The van der Waals surface area contributed by atoms with Crippen LogP contribution in [0.1, 0.15) is 47.1 Å². The topological polar surface area (TPSA) is 84.7 Å². The van der Waals surface area contributed by atoms with Crippen LogP contribution in [0.25, 0.3) is 21.4 Å². The Balaban J connectivity index is 1.17. The maximum atomic E-state index is 13.7. The van der Waals surface area contributed by atoms with Gasteiger partial charge < -0.3 is 19.4 Å². The van der Waals surface area contributed by atoms with E-state index in [1.54, 1.807) is 47.6 Å². The number of amides is 2. The summed E-state index contributed by atoms with van der Waals surface area (Å²) in [5, 5.41) is 4.49. The summed E-state index contributed by atoms with van der Waals surface area (Å²) in [5.74, 6) is 0.344. The number of hydrogen-bond donors (Lipinski definition) is 1. The minimum atomic E-state index is -0.584. The van der Waals surface area contributed by atoms with Crippen LogP contribution in [0, 0.1) is 5.82 Å². The normalized spacial score (nSPS) is 17.5. The highest BCUT2D eigenvalue weighted by molar-refractivity contribution is 7.15. The molecule has 6 rings (SSSR count). The molecule has 36 heavy (non-hydrogen) atoms. The van der Waals surface area contributed by atoms with E-state index in [9.17, 15) is 14.0 Å². The van der Waals surface area contributed by atoms with Crippen LogP contribution in [0.4, 0.5) is 9.18 Å². The van der Waals surface area contributed by atoms with Crippen LogP contribution in [-0.4, -0.2) is 41.0 Å². The summed E-state index contributed by atoms with van der Waals surface area (Å²) < 4.78 is 24.4. The third-order valence-corrected chi connectivity index (χ3v) is 7.92. The van der Waals surface area contributed by atoms with Crippen LogP contribution in [-0.2, 0) is 0 Å². The summed E-state index contributed by atoms with van der Waals surface area (Å²) in [6.07, 6.45) is 4.73. The molecule has 2 aromatic carbocycles. The van der Waals surface area contributed by atoms with Crippen LogP contribution in [0.3, 0.4) is 0 Å². The molecule has 7 nitrogen and oxygen atoms in total. The first-order valence-corrected chi connectivity index (χ1v) is 12.9. The molecule has 0 bridgehead atoms. The number of rotatable bonds is 6. The number of carbonyl (C=O) groups excluding carboxylic acids is 2. The lowest BCUT2D eigenvalue weighted by atomic mass is 10.1. The van der Waals surface area contributed by atoms with E-state index in [4.69, 9.17) is 14.1 Å². The molecule has 1 atom stereocenters. The first-order valence-electron chi connectivity index (χ1n) is 12.1. The van der Waals surface area contributed by atoms with Crippen LogP contribution < -0.4 is 10.1 Å². The largest absolute Gasteiger partial charge is 0.464 e. The van der Waals surface area contributed by atoms with Gasteiger partial charge in [-0.05, 0) is 61.6 Å². The van der Waals surface area contributed by atoms with Gasteiger partial charge in [0.05, 0.1) is 21.5 Å². The number of ether oxygens (including phenoxy) is 1. The second-order valence-corrected chi connectivity index (χ2v) is 10.2. The number of carbonyl (C=O) groups is 2. The Labute approximate surface area is 210 Å². The minimum Gasteiger partial charge on any atom is -0.464 e. The van der Waals surface area contributed by atoms with Crippen molar-refractivity contribution in [1.29, 1.82) is 0 Å². The molecule has 1 saturated carbocycles. The van der Waals surface area contributed by atoms with Gasteiger partial charge in [0.25, 0.3) is 5.91 Å². The van der Waals surface area contributed by atoms with Gasteiger partial charge in [-0.3, -0.25) is 4.79 Å². The van der Waals surface area contributed by atoms with Crippen LogP contribution in [0.5, 0.6) is 5.75 Å². The van der Waals surface area contributed by atoms with Crippen molar-refractivity contribution >= 4 is 34.3 Å². The molecule has 1 aliphatic carbocycles. The first-order chi connectivity index (χ1) is 17.6. The predicted molar refractivity (Wildman–Crippen MR) is 134 cm³/mol. The van der Waals surface area contributed by atoms with E-state index in [-0.39, 0.29) is 24.3 Å².